The highest BCUT2D eigenvalue weighted by Crippen LogP contribution is 2.38. The van der Waals surface area contributed by atoms with Gasteiger partial charge in [0.25, 0.3) is 0 Å². The molecule has 1 saturated carbocycles. The molecule has 0 heterocycles. The fourth-order valence-corrected chi connectivity index (χ4v) is 3.29. The summed E-state index contributed by atoms with van der Waals surface area (Å²) >= 11 is 0. The summed E-state index contributed by atoms with van der Waals surface area (Å²) < 4.78 is 15.8. The van der Waals surface area contributed by atoms with E-state index in [1.807, 2.05) is 0 Å². The van der Waals surface area contributed by atoms with Crippen molar-refractivity contribution in [3.8, 4) is 11.5 Å². The third kappa shape index (κ3) is 3.66. The Kier molecular flexibility index (Phi) is 6.02. The zero-order valence-electron chi connectivity index (χ0n) is 14.0. The number of carbonyl (C=O) groups excluding carboxylic acids is 2. The number of rotatable bonds is 7. The first kappa shape index (κ1) is 17.3. The molecule has 1 aliphatic rings. The van der Waals surface area contributed by atoms with Gasteiger partial charge in [-0.3, -0.25) is 9.59 Å². The van der Waals surface area contributed by atoms with Gasteiger partial charge in [-0.25, -0.2) is 0 Å². The van der Waals surface area contributed by atoms with Crippen molar-refractivity contribution >= 4 is 11.8 Å². The van der Waals surface area contributed by atoms with Crippen LogP contribution >= 0.6 is 0 Å². The van der Waals surface area contributed by atoms with Crippen molar-refractivity contribution < 1.29 is 23.8 Å². The van der Waals surface area contributed by atoms with E-state index in [0.717, 1.165) is 25.7 Å². The minimum Gasteiger partial charge on any atom is -0.496 e. The largest absolute Gasteiger partial charge is 0.496 e. The van der Waals surface area contributed by atoms with E-state index in [1.165, 1.54) is 14.2 Å². The van der Waals surface area contributed by atoms with Gasteiger partial charge in [-0.15, -0.1) is 0 Å². The number of ketones is 1. The minimum absolute atomic E-state index is 0.0242. The Morgan fingerprint density at radius 3 is 2.17 bits per heavy atom. The van der Waals surface area contributed by atoms with Crippen LogP contribution in [0.15, 0.2) is 18.2 Å². The normalized spacial score (nSPS) is 16.0. The summed E-state index contributed by atoms with van der Waals surface area (Å²) in [5.74, 6) is -0.649. The van der Waals surface area contributed by atoms with Crippen LogP contribution in [-0.4, -0.2) is 32.6 Å². The topological polar surface area (TPSA) is 61.8 Å². The molecule has 1 atom stereocenters. The molecule has 0 amide bonds. The highest BCUT2D eigenvalue weighted by Gasteiger charge is 2.40. The van der Waals surface area contributed by atoms with Gasteiger partial charge in [0.15, 0.2) is 5.78 Å². The Bertz CT molecular complexity index is 538. The number of methoxy groups -OCH3 is 2. The number of Topliss-reactive ketones (excluding diaryl/α,β-unsaturated/α-hetero) is 1. The van der Waals surface area contributed by atoms with Crippen LogP contribution < -0.4 is 9.47 Å². The van der Waals surface area contributed by atoms with Gasteiger partial charge in [0.05, 0.1) is 20.8 Å². The second-order valence-electron chi connectivity index (χ2n) is 5.68. The molecule has 0 spiro atoms. The standard InChI is InChI=1S/C18H24O5/c1-4-23-18(20)15(12-8-5-6-9-12)17(19)16-13(21-2)10-7-11-14(16)22-3/h7,10-12,15H,4-6,8-9H2,1-3H3. The van der Waals surface area contributed by atoms with Gasteiger partial charge in [0.2, 0.25) is 0 Å². The lowest BCUT2D eigenvalue weighted by molar-refractivity contribution is -0.147. The summed E-state index contributed by atoms with van der Waals surface area (Å²) in [4.78, 5) is 25.6. The smallest absolute Gasteiger partial charge is 0.317 e. The first-order chi connectivity index (χ1) is 11.1. The summed E-state index contributed by atoms with van der Waals surface area (Å²) in [6, 6.07) is 5.16. The van der Waals surface area contributed by atoms with Gasteiger partial charge in [-0.2, -0.15) is 0 Å². The van der Waals surface area contributed by atoms with Gasteiger partial charge in [-0.1, -0.05) is 18.9 Å². The Labute approximate surface area is 136 Å². The fraction of sp³-hybridized carbons (Fsp3) is 0.556. The average molecular weight is 320 g/mol. The van der Waals surface area contributed by atoms with Crippen molar-refractivity contribution in [3.63, 3.8) is 0 Å². The van der Waals surface area contributed by atoms with Crippen LogP contribution in [0.1, 0.15) is 43.0 Å². The van der Waals surface area contributed by atoms with E-state index in [2.05, 4.69) is 0 Å². The predicted octanol–water partition coefficient (Wildman–Crippen LogP) is 3.26. The molecule has 126 valence electrons. The fourth-order valence-electron chi connectivity index (χ4n) is 3.29. The first-order valence-corrected chi connectivity index (χ1v) is 8.05. The highest BCUT2D eigenvalue weighted by atomic mass is 16.5. The van der Waals surface area contributed by atoms with Crippen LogP contribution in [0.3, 0.4) is 0 Å². The zero-order valence-corrected chi connectivity index (χ0v) is 14.0. The van der Waals surface area contributed by atoms with E-state index in [1.54, 1.807) is 25.1 Å². The zero-order chi connectivity index (χ0) is 16.8. The van der Waals surface area contributed by atoms with Crippen LogP contribution in [0.25, 0.3) is 0 Å². The Morgan fingerprint density at radius 1 is 1.13 bits per heavy atom. The van der Waals surface area contributed by atoms with E-state index >= 15 is 0 Å². The maximum atomic E-state index is 13.1. The third-order valence-corrected chi connectivity index (χ3v) is 4.37. The maximum absolute atomic E-state index is 13.1. The van der Waals surface area contributed by atoms with E-state index in [9.17, 15) is 9.59 Å². The Morgan fingerprint density at radius 2 is 1.70 bits per heavy atom. The van der Waals surface area contributed by atoms with Gasteiger partial charge in [0.1, 0.15) is 23.0 Å². The van der Waals surface area contributed by atoms with Crippen molar-refractivity contribution in [2.24, 2.45) is 11.8 Å². The van der Waals surface area contributed by atoms with Crippen molar-refractivity contribution in [1.29, 1.82) is 0 Å². The van der Waals surface area contributed by atoms with E-state index < -0.39 is 11.9 Å². The van der Waals surface area contributed by atoms with Crippen molar-refractivity contribution in [3.05, 3.63) is 23.8 Å². The molecule has 0 aromatic heterocycles. The molecule has 0 bridgehead atoms. The Hall–Kier alpha value is -2.04. The molecular weight excluding hydrogens is 296 g/mol. The first-order valence-electron chi connectivity index (χ1n) is 8.05. The SMILES string of the molecule is CCOC(=O)C(C(=O)c1c(OC)cccc1OC)C1CCCC1. The van der Waals surface area contributed by atoms with Crippen molar-refractivity contribution in [1.82, 2.24) is 0 Å². The van der Waals surface area contributed by atoms with Crippen molar-refractivity contribution in [2.45, 2.75) is 32.6 Å². The molecule has 1 aromatic rings. The molecule has 0 radical (unpaired) electrons. The highest BCUT2D eigenvalue weighted by molar-refractivity contribution is 6.11. The molecule has 0 N–H and O–H groups in total. The lowest BCUT2D eigenvalue weighted by atomic mass is 9.84. The number of esters is 1. The lowest BCUT2D eigenvalue weighted by Gasteiger charge is -2.22. The predicted molar refractivity (Wildman–Crippen MR) is 86.0 cm³/mol. The summed E-state index contributed by atoms with van der Waals surface area (Å²) in [5, 5.41) is 0. The van der Waals surface area contributed by atoms with E-state index in [-0.39, 0.29) is 18.3 Å². The minimum atomic E-state index is -0.789. The number of carbonyl (C=O) groups is 2. The molecule has 1 unspecified atom stereocenters. The maximum Gasteiger partial charge on any atom is 0.317 e. The van der Waals surface area contributed by atoms with Gasteiger partial charge in [0, 0.05) is 0 Å². The second-order valence-corrected chi connectivity index (χ2v) is 5.68. The number of ether oxygens (including phenoxy) is 3. The van der Waals surface area contributed by atoms with Crippen LogP contribution in [0.2, 0.25) is 0 Å². The molecule has 0 saturated heterocycles. The summed E-state index contributed by atoms with van der Waals surface area (Å²) in [6.07, 6.45) is 3.81. The third-order valence-electron chi connectivity index (χ3n) is 4.37. The van der Waals surface area contributed by atoms with Crippen LogP contribution in [0.5, 0.6) is 11.5 Å². The molecule has 1 fully saturated rings. The Balaban J connectivity index is 2.42. The molecular formula is C18H24O5. The summed E-state index contributed by atoms with van der Waals surface area (Å²) in [5.41, 5.74) is 0.322. The number of hydrogen-bond donors (Lipinski definition) is 0. The van der Waals surface area contributed by atoms with Crippen molar-refractivity contribution in [2.75, 3.05) is 20.8 Å². The lowest BCUT2D eigenvalue weighted by Crippen LogP contribution is -2.32. The van der Waals surface area contributed by atoms with Gasteiger partial charge in [-0.05, 0) is 37.8 Å². The van der Waals surface area contributed by atoms with Gasteiger partial charge < -0.3 is 14.2 Å². The van der Waals surface area contributed by atoms with Crippen LogP contribution in [0, 0.1) is 11.8 Å². The number of hydrogen-bond acceptors (Lipinski definition) is 5. The number of benzene rings is 1. The molecule has 23 heavy (non-hydrogen) atoms. The molecule has 1 aliphatic carbocycles. The average Bonchev–Trinajstić information content (AvgIpc) is 3.08. The summed E-state index contributed by atoms with van der Waals surface area (Å²) in [7, 11) is 3.00. The molecule has 0 aliphatic heterocycles. The van der Waals surface area contributed by atoms with E-state index in [4.69, 9.17) is 14.2 Å². The molecule has 1 aromatic carbocycles. The molecule has 5 nitrogen and oxygen atoms in total. The van der Waals surface area contributed by atoms with Crippen LogP contribution in [-0.2, 0) is 9.53 Å². The van der Waals surface area contributed by atoms with Gasteiger partial charge >= 0.3 is 5.97 Å². The monoisotopic (exact) mass is 320 g/mol. The quantitative estimate of drug-likeness (QED) is 0.438. The summed E-state index contributed by atoms with van der Waals surface area (Å²) in [6.45, 7) is 2.01. The second kappa shape index (κ2) is 7.99. The molecule has 2 rings (SSSR count). The molecule has 5 heteroatoms. The van der Waals surface area contributed by atoms with E-state index in [0.29, 0.717) is 17.1 Å². The van der Waals surface area contributed by atoms with Crippen LogP contribution in [0.4, 0.5) is 0 Å².